The molecule has 5 nitrogen and oxygen atoms in total. The third kappa shape index (κ3) is 5.04. The molecular formula is C20H28FN3O2. The van der Waals surface area contributed by atoms with Gasteiger partial charge in [-0.15, -0.1) is 0 Å². The number of halogens is 1. The van der Waals surface area contributed by atoms with Crippen LogP contribution in [0.15, 0.2) is 24.3 Å². The molecule has 1 N–H and O–H groups in total. The van der Waals surface area contributed by atoms with Crippen LogP contribution < -0.4 is 5.32 Å². The molecule has 142 valence electrons. The minimum absolute atomic E-state index is 0.0539. The highest BCUT2D eigenvalue weighted by Crippen LogP contribution is 2.17. The van der Waals surface area contributed by atoms with E-state index in [0.717, 1.165) is 31.5 Å². The summed E-state index contributed by atoms with van der Waals surface area (Å²) in [5.74, 6) is -0.330. The fourth-order valence-electron chi connectivity index (χ4n) is 3.83. The van der Waals surface area contributed by atoms with Gasteiger partial charge < -0.3 is 10.2 Å². The lowest BCUT2D eigenvalue weighted by Gasteiger charge is -2.36. The van der Waals surface area contributed by atoms with E-state index in [0.29, 0.717) is 19.6 Å². The Balaban J connectivity index is 1.65. The van der Waals surface area contributed by atoms with Gasteiger partial charge in [-0.2, -0.15) is 0 Å². The number of hydrogen-bond donors (Lipinski definition) is 1. The standard InChI is InChI=1S/C20H28FN3O2/c21-17-8-6-7-16(13-17)15-24-12-9-22-20(26)18(24)14-19(25)23-10-4-2-1-3-5-11-23/h6-8,13,18H,1-5,9-12,14-15H2,(H,22,26). The van der Waals surface area contributed by atoms with Gasteiger partial charge in [-0.3, -0.25) is 14.5 Å². The van der Waals surface area contributed by atoms with Crippen LogP contribution in [0.2, 0.25) is 0 Å². The minimum Gasteiger partial charge on any atom is -0.353 e. The second-order valence-electron chi connectivity index (χ2n) is 7.26. The minimum atomic E-state index is -0.482. The normalized spacial score (nSPS) is 22.4. The molecule has 2 amide bonds. The first-order chi connectivity index (χ1) is 12.6. The molecule has 0 spiro atoms. The highest BCUT2D eigenvalue weighted by atomic mass is 19.1. The molecular weight excluding hydrogens is 333 g/mol. The van der Waals surface area contributed by atoms with Crippen molar-refractivity contribution in [1.82, 2.24) is 15.1 Å². The van der Waals surface area contributed by atoms with Gasteiger partial charge in [0.1, 0.15) is 5.82 Å². The fraction of sp³-hybridized carbons (Fsp3) is 0.600. The van der Waals surface area contributed by atoms with Crippen LogP contribution in [0.5, 0.6) is 0 Å². The third-order valence-electron chi connectivity index (χ3n) is 5.29. The molecule has 0 aromatic heterocycles. The van der Waals surface area contributed by atoms with Crippen LogP contribution in [0, 0.1) is 5.82 Å². The van der Waals surface area contributed by atoms with E-state index in [1.807, 2.05) is 15.9 Å². The van der Waals surface area contributed by atoms with Gasteiger partial charge >= 0.3 is 0 Å². The van der Waals surface area contributed by atoms with Gasteiger partial charge in [0.2, 0.25) is 11.8 Å². The number of amides is 2. The van der Waals surface area contributed by atoms with Crippen molar-refractivity contribution in [3.63, 3.8) is 0 Å². The number of likely N-dealkylation sites (tertiary alicyclic amines) is 1. The van der Waals surface area contributed by atoms with Gasteiger partial charge in [0.15, 0.2) is 0 Å². The Kier molecular flexibility index (Phi) is 6.61. The summed E-state index contributed by atoms with van der Waals surface area (Å²) in [6.07, 6.45) is 5.85. The molecule has 0 bridgehead atoms. The maximum Gasteiger partial charge on any atom is 0.237 e. The number of nitrogens with one attached hydrogen (secondary N) is 1. The molecule has 2 aliphatic heterocycles. The number of carbonyl (C=O) groups is 2. The van der Waals surface area contributed by atoms with E-state index < -0.39 is 6.04 Å². The van der Waals surface area contributed by atoms with E-state index in [-0.39, 0.29) is 24.1 Å². The van der Waals surface area contributed by atoms with E-state index in [1.165, 1.54) is 31.4 Å². The van der Waals surface area contributed by atoms with Gasteiger partial charge in [0, 0.05) is 32.7 Å². The molecule has 2 fully saturated rings. The van der Waals surface area contributed by atoms with Gasteiger partial charge in [0.05, 0.1) is 12.5 Å². The molecule has 6 heteroatoms. The summed E-state index contributed by atoms with van der Waals surface area (Å²) in [7, 11) is 0. The molecule has 1 unspecified atom stereocenters. The van der Waals surface area contributed by atoms with Crippen molar-refractivity contribution in [1.29, 1.82) is 0 Å². The highest BCUT2D eigenvalue weighted by molar-refractivity contribution is 5.88. The quantitative estimate of drug-likeness (QED) is 0.895. The van der Waals surface area contributed by atoms with Crippen molar-refractivity contribution >= 4 is 11.8 Å². The lowest BCUT2D eigenvalue weighted by molar-refractivity contribution is -0.139. The largest absolute Gasteiger partial charge is 0.353 e. The topological polar surface area (TPSA) is 52.7 Å². The number of rotatable bonds is 4. The van der Waals surface area contributed by atoms with E-state index >= 15 is 0 Å². The van der Waals surface area contributed by atoms with Gasteiger partial charge in [-0.25, -0.2) is 4.39 Å². The molecule has 0 aliphatic carbocycles. The monoisotopic (exact) mass is 361 g/mol. The van der Waals surface area contributed by atoms with E-state index in [2.05, 4.69) is 5.32 Å². The van der Waals surface area contributed by atoms with E-state index in [1.54, 1.807) is 6.07 Å². The SMILES string of the molecule is O=C1NCCN(Cc2cccc(F)c2)C1CC(=O)N1CCCCCCC1. The molecule has 2 saturated heterocycles. The second-order valence-corrected chi connectivity index (χ2v) is 7.26. The van der Waals surface area contributed by atoms with Crippen LogP contribution >= 0.6 is 0 Å². The van der Waals surface area contributed by atoms with Crippen molar-refractivity contribution in [3.05, 3.63) is 35.6 Å². The predicted molar refractivity (Wildman–Crippen MR) is 97.9 cm³/mol. The predicted octanol–water partition coefficient (Wildman–Crippen LogP) is 2.31. The summed E-state index contributed by atoms with van der Waals surface area (Å²) in [5.41, 5.74) is 0.823. The Labute approximate surface area is 154 Å². The number of hydrogen-bond acceptors (Lipinski definition) is 3. The first-order valence-corrected chi connectivity index (χ1v) is 9.67. The summed E-state index contributed by atoms with van der Waals surface area (Å²) < 4.78 is 13.5. The van der Waals surface area contributed by atoms with Gasteiger partial charge in [-0.05, 0) is 30.5 Å². The van der Waals surface area contributed by atoms with Crippen LogP contribution in [0.25, 0.3) is 0 Å². The van der Waals surface area contributed by atoms with Crippen LogP contribution in [0.3, 0.4) is 0 Å². The first-order valence-electron chi connectivity index (χ1n) is 9.67. The van der Waals surface area contributed by atoms with Crippen LogP contribution in [0.1, 0.15) is 44.1 Å². The lowest BCUT2D eigenvalue weighted by atomic mass is 10.0. The Morgan fingerprint density at radius 3 is 2.58 bits per heavy atom. The summed E-state index contributed by atoms with van der Waals surface area (Å²) in [6.45, 7) is 3.28. The molecule has 3 rings (SSSR count). The average molecular weight is 361 g/mol. The Bertz CT molecular complexity index is 629. The second kappa shape index (κ2) is 9.12. The zero-order valence-electron chi connectivity index (χ0n) is 15.3. The average Bonchev–Trinajstić information content (AvgIpc) is 2.57. The number of carbonyl (C=O) groups excluding carboxylic acids is 2. The van der Waals surface area contributed by atoms with Crippen LogP contribution in [0.4, 0.5) is 4.39 Å². The van der Waals surface area contributed by atoms with Crippen molar-refractivity contribution in [3.8, 4) is 0 Å². The first kappa shape index (κ1) is 18.8. The third-order valence-corrected chi connectivity index (χ3v) is 5.29. The number of benzene rings is 1. The number of piperazine rings is 1. The van der Waals surface area contributed by atoms with Crippen molar-refractivity contribution in [2.24, 2.45) is 0 Å². The molecule has 0 radical (unpaired) electrons. The molecule has 1 aromatic carbocycles. The molecule has 2 aliphatic rings. The molecule has 26 heavy (non-hydrogen) atoms. The van der Waals surface area contributed by atoms with Crippen LogP contribution in [-0.4, -0.2) is 53.8 Å². The summed E-state index contributed by atoms with van der Waals surface area (Å²) in [6, 6.07) is 5.95. The molecule has 2 heterocycles. The van der Waals surface area contributed by atoms with Gasteiger partial charge in [0.25, 0.3) is 0 Å². The van der Waals surface area contributed by atoms with Crippen LogP contribution in [-0.2, 0) is 16.1 Å². The maximum atomic E-state index is 13.5. The summed E-state index contributed by atoms with van der Waals surface area (Å²) in [4.78, 5) is 29.1. The smallest absolute Gasteiger partial charge is 0.237 e. The van der Waals surface area contributed by atoms with Crippen molar-refractivity contribution in [2.45, 2.75) is 51.1 Å². The Morgan fingerprint density at radius 1 is 1.12 bits per heavy atom. The van der Waals surface area contributed by atoms with E-state index in [9.17, 15) is 14.0 Å². The summed E-state index contributed by atoms with van der Waals surface area (Å²) >= 11 is 0. The number of nitrogens with zero attached hydrogens (tertiary/aromatic N) is 2. The Morgan fingerprint density at radius 2 is 1.85 bits per heavy atom. The van der Waals surface area contributed by atoms with Crippen molar-refractivity contribution < 1.29 is 14.0 Å². The summed E-state index contributed by atoms with van der Waals surface area (Å²) in [5, 5.41) is 2.86. The maximum absolute atomic E-state index is 13.5. The molecule has 0 saturated carbocycles. The van der Waals surface area contributed by atoms with Crippen molar-refractivity contribution in [2.75, 3.05) is 26.2 Å². The fourth-order valence-corrected chi connectivity index (χ4v) is 3.83. The van der Waals surface area contributed by atoms with E-state index in [4.69, 9.17) is 0 Å². The lowest BCUT2D eigenvalue weighted by Crippen LogP contribution is -2.56. The molecule has 1 atom stereocenters. The zero-order chi connectivity index (χ0) is 18.4. The van der Waals surface area contributed by atoms with Gasteiger partial charge in [-0.1, -0.05) is 31.4 Å². The molecule has 1 aromatic rings. The Hall–Kier alpha value is -1.95. The highest BCUT2D eigenvalue weighted by Gasteiger charge is 2.33. The zero-order valence-corrected chi connectivity index (χ0v) is 15.3.